The van der Waals surface area contributed by atoms with E-state index in [9.17, 15) is 14.4 Å². The van der Waals surface area contributed by atoms with Crippen LogP contribution in [0.5, 0.6) is 0 Å². The fraction of sp³-hybridized carbons (Fsp3) is 0.278. The first-order valence-corrected chi connectivity index (χ1v) is 8.86. The summed E-state index contributed by atoms with van der Waals surface area (Å²) in [5, 5.41) is 16.0. The van der Waals surface area contributed by atoms with Crippen LogP contribution >= 0.6 is 11.3 Å². The molecule has 0 aliphatic carbocycles. The van der Waals surface area contributed by atoms with Crippen molar-refractivity contribution in [3.8, 4) is 0 Å². The molecule has 0 saturated carbocycles. The van der Waals surface area contributed by atoms with Gasteiger partial charge in [0, 0.05) is 12.5 Å². The molecule has 7 nitrogen and oxygen atoms in total. The molecule has 138 valence electrons. The van der Waals surface area contributed by atoms with Crippen molar-refractivity contribution in [2.45, 2.75) is 25.3 Å². The number of thiophene rings is 1. The number of ether oxygens (including phenoxy) is 1. The quantitative estimate of drug-likeness (QED) is 0.614. The maximum absolute atomic E-state index is 12.3. The van der Waals surface area contributed by atoms with Gasteiger partial charge in [-0.05, 0) is 29.9 Å². The average molecular weight is 376 g/mol. The number of urea groups is 1. The summed E-state index contributed by atoms with van der Waals surface area (Å²) in [6, 6.07) is 10.3. The first-order valence-electron chi connectivity index (χ1n) is 7.98. The van der Waals surface area contributed by atoms with Crippen LogP contribution in [-0.2, 0) is 16.0 Å². The molecule has 3 N–H and O–H groups in total. The van der Waals surface area contributed by atoms with E-state index in [0.29, 0.717) is 23.4 Å². The van der Waals surface area contributed by atoms with E-state index in [1.807, 2.05) is 30.3 Å². The number of benzene rings is 1. The lowest BCUT2D eigenvalue weighted by atomic mass is 10.0. The van der Waals surface area contributed by atoms with Crippen LogP contribution in [0.3, 0.4) is 0 Å². The molecule has 2 aromatic rings. The molecule has 26 heavy (non-hydrogen) atoms. The molecule has 8 heteroatoms. The zero-order chi connectivity index (χ0) is 18.9. The lowest BCUT2D eigenvalue weighted by Crippen LogP contribution is -2.39. The van der Waals surface area contributed by atoms with Gasteiger partial charge < -0.3 is 20.5 Å². The number of anilines is 1. The molecule has 0 aliphatic heterocycles. The molecule has 2 amide bonds. The van der Waals surface area contributed by atoms with Gasteiger partial charge in [-0.25, -0.2) is 9.59 Å². The molecule has 0 aliphatic rings. The second-order valence-electron chi connectivity index (χ2n) is 5.57. The van der Waals surface area contributed by atoms with E-state index in [-0.39, 0.29) is 12.5 Å². The minimum atomic E-state index is -0.920. The fourth-order valence-corrected chi connectivity index (χ4v) is 3.19. The van der Waals surface area contributed by atoms with E-state index in [0.717, 1.165) is 5.56 Å². The van der Waals surface area contributed by atoms with Crippen molar-refractivity contribution in [1.82, 2.24) is 5.32 Å². The number of amides is 2. The van der Waals surface area contributed by atoms with Gasteiger partial charge in [-0.15, -0.1) is 11.3 Å². The Hall–Kier alpha value is -2.87. The van der Waals surface area contributed by atoms with Gasteiger partial charge in [0.15, 0.2) is 0 Å². The highest BCUT2D eigenvalue weighted by atomic mass is 32.1. The van der Waals surface area contributed by atoms with Crippen LogP contribution in [0.15, 0.2) is 41.8 Å². The van der Waals surface area contributed by atoms with Crippen molar-refractivity contribution < 1.29 is 24.2 Å². The van der Waals surface area contributed by atoms with Crippen molar-refractivity contribution in [3.05, 3.63) is 52.2 Å². The Morgan fingerprint density at radius 2 is 1.92 bits per heavy atom. The Morgan fingerprint density at radius 1 is 1.19 bits per heavy atom. The lowest BCUT2D eigenvalue weighted by molar-refractivity contribution is -0.137. The van der Waals surface area contributed by atoms with Crippen molar-refractivity contribution in [1.29, 1.82) is 0 Å². The second-order valence-corrected chi connectivity index (χ2v) is 6.49. The van der Waals surface area contributed by atoms with Crippen molar-refractivity contribution >= 4 is 35.0 Å². The predicted octanol–water partition coefficient (Wildman–Crippen LogP) is 3.13. The van der Waals surface area contributed by atoms with Gasteiger partial charge in [0.2, 0.25) is 0 Å². The number of hydrogen-bond donors (Lipinski definition) is 3. The van der Waals surface area contributed by atoms with Crippen LogP contribution < -0.4 is 10.6 Å². The average Bonchev–Trinajstić information content (AvgIpc) is 3.07. The second kappa shape index (κ2) is 9.57. The van der Waals surface area contributed by atoms with Gasteiger partial charge in [-0.1, -0.05) is 30.3 Å². The highest BCUT2D eigenvalue weighted by molar-refractivity contribution is 7.12. The van der Waals surface area contributed by atoms with E-state index < -0.39 is 18.0 Å². The molecule has 1 atom stereocenters. The summed E-state index contributed by atoms with van der Waals surface area (Å²) >= 11 is 1.17. The van der Waals surface area contributed by atoms with E-state index >= 15 is 0 Å². The van der Waals surface area contributed by atoms with E-state index in [1.54, 1.807) is 11.4 Å². The number of carboxylic acid groups (broad SMARTS) is 1. The van der Waals surface area contributed by atoms with Gasteiger partial charge in [0.05, 0.1) is 12.8 Å². The summed E-state index contributed by atoms with van der Waals surface area (Å²) in [5.41, 5.74) is 1.35. The zero-order valence-electron chi connectivity index (χ0n) is 14.2. The summed E-state index contributed by atoms with van der Waals surface area (Å²) in [7, 11) is 1.27. The third kappa shape index (κ3) is 5.89. The maximum Gasteiger partial charge on any atom is 0.350 e. The normalized spacial score (nSPS) is 11.4. The maximum atomic E-state index is 12.3. The summed E-state index contributed by atoms with van der Waals surface area (Å²) in [6.07, 6.45) is 0.754. The molecule has 0 saturated heterocycles. The molecule has 1 aromatic heterocycles. The van der Waals surface area contributed by atoms with Crippen LogP contribution in [0.25, 0.3) is 0 Å². The number of nitrogens with one attached hydrogen (secondary N) is 2. The third-order valence-electron chi connectivity index (χ3n) is 3.65. The van der Waals surface area contributed by atoms with Gasteiger partial charge in [-0.3, -0.25) is 4.79 Å². The number of hydrogen-bond acceptors (Lipinski definition) is 5. The monoisotopic (exact) mass is 376 g/mol. The molecule has 0 radical (unpaired) electrons. The largest absolute Gasteiger partial charge is 0.481 e. The zero-order valence-corrected chi connectivity index (χ0v) is 15.0. The Kier molecular flexibility index (Phi) is 7.16. The van der Waals surface area contributed by atoms with E-state index in [2.05, 4.69) is 15.4 Å². The summed E-state index contributed by atoms with van der Waals surface area (Å²) in [6.45, 7) is 0. The van der Waals surface area contributed by atoms with Gasteiger partial charge in [0.25, 0.3) is 0 Å². The van der Waals surface area contributed by atoms with Gasteiger partial charge >= 0.3 is 18.0 Å². The molecule has 0 spiro atoms. The third-order valence-corrected chi connectivity index (χ3v) is 4.55. The molecule has 1 heterocycles. The lowest BCUT2D eigenvalue weighted by Gasteiger charge is -2.18. The Labute approximate surface area is 155 Å². The Bertz CT molecular complexity index is 760. The Morgan fingerprint density at radius 3 is 2.58 bits per heavy atom. The molecule has 0 bridgehead atoms. The highest BCUT2D eigenvalue weighted by Gasteiger charge is 2.18. The number of methoxy groups -OCH3 is 1. The number of esters is 1. The SMILES string of the molecule is COC(=O)c1sccc1NC(=O)NC(CCC(=O)O)Cc1ccccc1. The number of aliphatic carboxylic acids is 1. The Balaban J connectivity index is 2.02. The van der Waals surface area contributed by atoms with Gasteiger partial charge in [0.1, 0.15) is 4.88 Å². The molecule has 1 aromatic carbocycles. The molecule has 1 unspecified atom stereocenters. The number of carbonyl (C=O) groups excluding carboxylic acids is 2. The smallest absolute Gasteiger partial charge is 0.350 e. The first kappa shape index (κ1) is 19.5. The number of carbonyl (C=O) groups is 3. The van der Waals surface area contributed by atoms with Crippen LogP contribution in [0.2, 0.25) is 0 Å². The molecule has 0 fully saturated rings. The standard InChI is InChI=1S/C18H20N2O5S/c1-25-17(23)16-14(9-10-26-16)20-18(24)19-13(7-8-15(21)22)11-12-5-3-2-4-6-12/h2-6,9-10,13H,7-8,11H2,1H3,(H,21,22)(H2,19,20,24). The summed E-state index contributed by atoms with van der Waals surface area (Å²) < 4.78 is 4.68. The van der Waals surface area contributed by atoms with E-state index in [4.69, 9.17) is 5.11 Å². The topological polar surface area (TPSA) is 105 Å². The minimum absolute atomic E-state index is 0.0519. The number of rotatable bonds is 8. The molecular weight excluding hydrogens is 356 g/mol. The molecular formula is C18H20N2O5S. The van der Waals surface area contributed by atoms with Crippen LogP contribution in [0, 0.1) is 0 Å². The number of carboxylic acids is 1. The van der Waals surface area contributed by atoms with Gasteiger partial charge in [-0.2, -0.15) is 0 Å². The fourth-order valence-electron chi connectivity index (χ4n) is 2.42. The first-order chi connectivity index (χ1) is 12.5. The van der Waals surface area contributed by atoms with Crippen molar-refractivity contribution in [2.75, 3.05) is 12.4 Å². The predicted molar refractivity (Wildman–Crippen MR) is 98.6 cm³/mol. The highest BCUT2D eigenvalue weighted by Crippen LogP contribution is 2.23. The molecule has 2 rings (SSSR count). The van der Waals surface area contributed by atoms with Crippen LogP contribution in [0.4, 0.5) is 10.5 Å². The van der Waals surface area contributed by atoms with Crippen molar-refractivity contribution in [3.63, 3.8) is 0 Å². The summed E-state index contributed by atoms with van der Waals surface area (Å²) in [4.78, 5) is 35.1. The van der Waals surface area contributed by atoms with Crippen LogP contribution in [0.1, 0.15) is 28.1 Å². The summed E-state index contributed by atoms with van der Waals surface area (Å²) in [5.74, 6) is -1.45. The van der Waals surface area contributed by atoms with Crippen molar-refractivity contribution in [2.24, 2.45) is 0 Å². The van der Waals surface area contributed by atoms with E-state index in [1.165, 1.54) is 18.4 Å². The minimum Gasteiger partial charge on any atom is -0.481 e. The van der Waals surface area contributed by atoms with Crippen LogP contribution in [-0.4, -0.2) is 36.2 Å².